The summed E-state index contributed by atoms with van der Waals surface area (Å²) in [6.07, 6.45) is 0.263. The third kappa shape index (κ3) is 4.20. The molecule has 1 heterocycles. The number of nitrogens with zero attached hydrogens (tertiary/aromatic N) is 2. The van der Waals surface area contributed by atoms with E-state index in [9.17, 15) is 18.3 Å². The van der Waals surface area contributed by atoms with Crippen molar-refractivity contribution in [3.8, 4) is 0 Å². The number of hydrogen-bond donors (Lipinski definition) is 2. The summed E-state index contributed by atoms with van der Waals surface area (Å²) in [4.78, 5) is 14.1. The van der Waals surface area contributed by atoms with Crippen LogP contribution in [-0.2, 0) is 21.5 Å². The van der Waals surface area contributed by atoms with Crippen LogP contribution in [0.15, 0.2) is 60.7 Å². The van der Waals surface area contributed by atoms with Gasteiger partial charge in [0.15, 0.2) is 0 Å². The highest BCUT2D eigenvalue weighted by molar-refractivity contribution is 7.87. The molecular weight excluding hydrogens is 390 g/mol. The maximum Gasteiger partial charge on any atom is 0.325 e. The standard InChI is InChI=1S/C21H25N3O4S/c25-20(26)21(15-19(21)18-9-5-2-6-10-18)22-29(27,28)24-13-11-23(12-14-24)16-17-7-3-1-4-8-17/h1-10,19,22H,11-16H2,(H,25,26). The van der Waals surface area contributed by atoms with Gasteiger partial charge in [-0.25, -0.2) is 0 Å². The van der Waals surface area contributed by atoms with E-state index in [4.69, 9.17) is 0 Å². The molecule has 29 heavy (non-hydrogen) atoms. The molecule has 0 spiro atoms. The second-order valence-electron chi connectivity index (χ2n) is 7.71. The summed E-state index contributed by atoms with van der Waals surface area (Å²) in [5.41, 5.74) is 0.571. The van der Waals surface area contributed by atoms with Gasteiger partial charge in [-0.2, -0.15) is 17.4 Å². The SMILES string of the molecule is O=C(O)C1(NS(=O)(=O)N2CCN(Cc3ccccc3)CC2)CC1c1ccccc1. The number of hydrogen-bond acceptors (Lipinski definition) is 4. The van der Waals surface area contributed by atoms with Crippen molar-refractivity contribution in [2.75, 3.05) is 26.2 Å². The number of carboxylic acids is 1. The van der Waals surface area contributed by atoms with Gasteiger partial charge in [-0.15, -0.1) is 0 Å². The monoisotopic (exact) mass is 415 g/mol. The number of piperazine rings is 1. The molecule has 1 aliphatic heterocycles. The summed E-state index contributed by atoms with van der Waals surface area (Å²) in [5.74, 6) is -1.48. The minimum absolute atomic E-state index is 0.263. The highest BCUT2D eigenvalue weighted by Crippen LogP contribution is 2.52. The molecule has 7 nitrogen and oxygen atoms in total. The summed E-state index contributed by atoms with van der Waals surface area (Å²) < 4.78 is 29.7. The molecule has 0 amide bonds. The third-order valence-electron chi connectivity index (χ3n) is 5.78. The first-order chi connectivity index (χ1) is 13.9. The van der Waals surface area contributed by atoms with Crippen LogP contribution in [0.1, 0.15) is 23.5 Å². The van der Waals surface area contributed by atoms with Gasteiger partial charge >= 0.3 is 5.97 Å². The van der Waals surface area contributed by atoms with Crippen LogP contribution in [0.2, 0.25) is 0 Å². The van der Waals surface area contributed by atoms with E-state index in [1.807, 2.05) is 48.5 Å². The lowest BCUT2D eigenvalue weighted by Crippen LogP contribution is -2.55. The third-order valence-corrected chi connectivity index (χ3v) is 7.44. The quantitative estimate of drug-likeness (QED) is 0.718. The Morgan fingerprint density at radius 2 is 1.59 bits per heavy atom. The lowest BCUT2D eigenvalue weighted by molar-refractivity contribution is -0.140. The number of rotatable bonds is 7. The van der Waals surface area contributed by atoms with Crippen molar-refractivity contribution in [2.24, 2.45) is 0 Å². The Labute approximate surface area is 171 Å². The van der Waals surface area contributed by atoms with Crippen molar-refractivity contribution in [2.45, 2.75) is 24.4 Å². The van der Waals surface area contributed by atoms with Crippen molar-refractivity contribution in [3.63, 3.8) is 0 Å². The zero-order chi connectivity index (χ0) is 20.5. The number of nitrogens with one attached hydrogen (secondary N) is 1. The first kappa shape index (κ1) is 20.0. The smallest absolute Gasteiger partial charge is 0.325 e. The van der Waals surface area contributed by atoms with E-state index in [0.717, 1.165) is 12.1 Å². The Balaban J connectivity index is 1.39. The van der Waals surface area contributed by atoms with Gasteiger partial charge in [-0.1, -0.05) is 60.7 Å². The molecule has 8 heteroatoms. The maximum absolute atomic E-state index is 12.9. The zero-order valence-electron chi connectivity index (χ0n) is 16.1. The number of aliphatic carboxylic acids is 1. The van der Waals surface area contributed by atoms with Gasteiger partial charge in [0.2, 0.25) is 0 Å². The van der Waals surface area contributed by atoms with Crippen LogP contribution in [0.25, 0.3) is 0 Å². The predicted octanol–water partition coefficient (Wildman–Crippen LogP) is 1.65. The Morgan fingerprint density at radius 3 is 2.17 bits per heavy atom. The van der Waals surface area contributed by atoms with Crippen molar-refractivity contribution in [1.82, 2.24) is 13.9 Å². The van der Waals surface area contributed by atoms with E-state index in [-0.39, 0.29) is 12.3 Å². The minimum atomic E-state index is -3.88. The molecular formula is C21H25N3O4S. The average molecular weight is 416 g/mol. The van der Waals surface area contributed by atoms with Crippen molar-refractivity contribution in [3.05, 3.63) is 71.8 Å². The largest absolute Gasteiger partial charge is 0.480 e. The van der Waals surface area contributed by atoms with E-state index in [1.54, 1.807) is 0 Å². The fraction of sp³-hybridized carbons (Fsp3) is 0.381. The maximum atomic E-state index is 12.9. The second kappa shape index (κ2) is 7.87. The van der Waals surface area contributed by atoms with Gasteiger partial charge < -0.3 is 5.11 Å². The molecule has 1 aliphatic carbocycles. The Morgan fingerprint density at radius 1 is 1.00 bits per heavy atom. The normalized spacial score (nSPS) is 25.6. The van der Waals surface area contributed by atoms with Crippen molar-refractivity contribution >= 4 is 16.2 Å². The summed E-state index contributed by atoms with van der Waals surface area (Å²) in [6, 6.07) is 19.3. The number of carbonyl (C=O) groups is 1. The van der Waals surface area contributed by atoms with Gasteiger partial charge in [0, 0.05) is 38.6 Å². The molecule has 1 saturated heterocycles. The van der Waals surface area contributed by atoms with Crippen LogP contribution in [0.4, 0.5) is 0 Å². The van der Waals surface area contributed by atoms with E-state index < -0.39 is 21.7 Å². The molecule has 0 aromatic heterocycles. The first-order valence-electron chi connectivity index (χ1n) is 9.74. The number of benzene rings is 2. The molecule has 0 bridgehead atoms. The molecule has 154 valence electrons. The first-order valence-corrected chi connectivity index (χ1v) is 11.2. The van der Waals surface area contributed by atoms with Crippen LogP contribution < -0.4 is 4.72 Å². The summed E-state index contributed by atoms with van der Waals surface area (Å²) in [7, 11) is -3.88. The van der Waals surface area contributed by atoms with Gasteiger partial charge in [-0.05, 0) is 17.5 Å². The molecule has 0 radical (unpaired) electrons. The highest BCUT2D eigenvalue weighted by atomic mass is 32.2. The molecule has 2 aromatic carbocycles. The molecule has 4 rings (SSSR count). The van der Waals surface area contributed by atoms with Crippen molar-refractivity contribution < 1.29 is 18.3 Å². The van der Waals surface area contributed by atoms with E-state index in [2.05, 4.69) is 21.8 Å². The summed E-state index contributed by atoms with van der Waals surface area (Å²) in [6.45, 7) is 2.68. The second-order valence-corrected chi connectivity index (χ2v) is 9.38. The van der Waals surface area contributed by atoms with Crippen LogP contribution in [0.3, 0.4) is 0 Å². The van der Waals surface area contributed by atoms with Crippen molar-refractivity contribution in [1.29, 1.82) is 0 Å². The lowest BCUT2D eigenvalue weighted by Gasteiger charge is -2.34. The number of carboxylic acid groups (broad SMARTS) is 1. The minimum Gasteiger partial charge on any atom is -0.480 e. The van der Waals surface area contributed by atoms with Crippen LogP contribution in [0.5, 0.6) is 0 Å². The van der Waals surface area contributed by atoms with Crippen LogP contribution in [0, 0.1) is 0 Å². The molecule has 2 unspecified atom stereocenters. The summed E-state index contributed by atoms with van der Waals surface area (Å²) in [5, 5.41) is 9.75. The molecule has 2 atom stereocenters. The molecule has 2 fully saturated rings. The van der Waals surface area contributed by atoms with E-state index >= 15 is 0 Å². The average Bonchev–Trinajstić information content (AvgIpc) is 3.45. The Kier molecular flexibility index (Phi) is 5.44. The van der Waals surface area contributed by atoms with Crippen LogP contribution >= 0.6 is 0 Å². The fourth-order valence-electron chi connectivity index (χ4n) is 4.01. The Hall–Kier alpha value is -2.26. The predicted molar refractivity (Wildman–Crippen MR) is 110 cm³/mol. The molecule has 2 N–H and O–H groups in total. The van der Waals surface area contributed by atoms with Gasteiger partial charge in [0.1, 0.15) is 5.54 Å². The van der Waals surface area contributed by atoms with Crippen LogP contribution in [-0.4, -0.2) is 60.4 Å². The van der Waals surface area contributed by atoms with Gasteiger partial charge in [0.25, 0.3) is 10.2 Å². The van der Waals surface area contributed by atoms with E-state index in [1.165, 1.54) is 9.87 Å². The van der Waals surface area contributed by atoms with Gasteiger partial charge in [-0.3, -0.25) is 9.69 Å². The van der Waals surface area contributed by atoms with Gasteiger partial charge in [0.05, 0.1) is 0 Å². The fourth-order valence-corrected chi connectivity index (χ4v) is 5.55. The molecule has 1 saturated carbocycles. The molecule has 2 aliphatic rings. The topological polar surface area (TPSA) is 89.9 Å². The summed E-state index contributed by atoms with van der Waals surface area (Å²) >= 11 is 0. The zero-order valence-corrected chi connectivity index (χ0v) is 16.9. The van der Waals surface area contributed by atoms with E-state index in [0.29, 0.717) is 26.2 Å². The molecule has 2 aromatic rings. The Bertz CT molecular complexity index is 960. The highest BCUT2D eigenvalue weighted by Gasteiger charge is 2.63. The lowest BCUT2D eigenvalue weighted by atomic mass is 10.1.